The molecule has 1 heterocycles. The highest BCUT2D eigenvalue weighted by Crippen LogP contribution is 2.42. The van der Waals surface area contributed by atoms with Crippen molar-refractivity contribution in [3.8, 4) is 27.8 Å². The summed E-state index contributed by atoms with van der Waals surface area (Å²) in [6.45, 7) is 4.65. The number of hydrogen-bond acceptors (Lipinski definition) is 7. The van der Waals surface area contributed by atoms with Crippen molar-refractivity contribution in [2.75, 3.05) is 32.8 Å². The molecule has 0 unspecified atom stereocenters. The van der Waals surface area contributed by atoms with E-state index in [1.165, 1.54) is 11.3 Å². The van der Waals surface area contributed by atoms with Gasteiger partial charge in [-0.15, -0.1) is 10.2 Å². The van der Waals surface area contributed by atoms with Gasteiger partial charge in [-0.25, -0.2) is 0 Å². The normalized spacial score (nSPS) is 11.1. The summed E-state index contributed by atoms with van der Waals surface area (Å²) in [4.78, 5) is 14.7. The molecule has 0 radical (unpaired) electrons. The van der Waals surface area contributed by atoms with Crippen LogP contribution in [0, 0.1) is 5.92 Å². The SMILES string of the molecule is COc1cc(-c2nnc(N(CC(C)C)C(=O)/C=C/c3ccccc3)s2)cc(OC)c1OC. The van der Waals surface area contributed by atoms with Crippen molar-refractivity contribution >= 4 is 28.5 Å². The van der Waals surface area contributed by atoms with Crippen LogP contribution >= 0.6 is 11.3 Å². The molecule has 0 saturated heterocycles. The van der Waals surface area contributed by atoms with Gasteiger partial charge in [0.1, 0.15) is 5.01 Å². The molecule has 168 valence electrons. The van der Waals surface area contributed by atoms with E-state index >= 15 is 0 Å². The lowest BCUT2D eigenvalue weighted by atomic mass is 10.2. The van der Waals surface area contributed by atoms with E-state index in [1.54, 1.807) is 38.4 Å². The summed E-state index contributed by atoms with van der Waals surface area (Å²) in [6, 6.07) is 13.3. The van der Waals surface area contributed by atoms with Crippen molar-refractivity contribution in [1.29, 1.82) is 0 Å². The van der Waals surface area contributed by atoms with Crippen LogP contribution in [0.5, 0.6) is 17.2 Å². The monoisotopic (exact) mass is 453 g/mol. The fourth-order valence-electron chi connectivity index (χ4n) is 3.09. The van der Waals surface area contributed by atoms with Crippen LogP contribution in [0.2, 0.25) is 0 Å². The number of carbonyl (C=O) groups is 1. The van der Waals surface area contributed by atoms with Gasteiger partial charge in [-0.2, -0.15) is 0 Å². The zero-order valence-corrected chi connectivity index (χ0v) is 19.7. The molecule has 0 aliphatic rings. The van der Waals surface area contributed by atoms with Gasteiger partial charge in [-0.1, -0.05) is 55.5 Å². The maximum atomic E-state index is 13.0. The molecule has 3 aromatic rings. The van der Waals surface area contributed by atoms with Gasteiger partial charge in [-0.05, 0) is 29.7 Å². The summed E-state index contributed by atoms with van der Waals surface area (Å²) in [5.41, 5.74) is 1.72. The highest BCUT2D eigenvalue weighted by Gasteiger charge is 2.21. The van der Waals surface area contributed by atoms with Gasteiger partial charge in [0.15, 0.2) is 11.5 Å². The highest BCUT2D eigenvalue weighted by molar-refractivity contribution is 7.18. The average Bonchev–Trinajstić information content (AvgIpc) is 3.30. The first-order valence-electron chi connectivity index (χ1n) is 10.1. The lowest BCUT2D eigenvalue weighted by Crippen LogP contribution is -2.32. The number of amides is 1. The molecule has 1 aromatic heterocycles. The number of anilines is 1. The zero-order valence-electron chi connectivity index (χ0n) is 18.9. The number of methoxy groups -OCH3 is 3. The van der Waals surface area contributed by atoms with Crippen molar-refractivity contribution < 1.29 is 19.0 Å². The number of aromatic nitrogens is 2. The second-order valence-electron chi connectivity index (χ2n) is 7.39. The minimum Gasteiger partial charge on any atom is -0.493 e. The fraction of sp³-hybridized carbons (Fsp3) is 0.292. The van der Waals surface area contributed by atoms with E-state index < -0.39 is 0 Å². The van der Waals surface area contributed by atoms with Crippen molar-refractivity contribution in [3.05, 3.63) is 54.1 Å². The van der Waals surface area contributed by atoms with Crippen LogP contribution in [-0.2, 0) is 4.79 Å². The van der Waals surface area contributed by atoms with E-state index in [0.717, 1.165) is 11.1 Å². The van der Waals surface area contributed by atoms with Gasteiger partial charge in [-0.3, -0.25) is 9.69 Å². The second kappa shape index (κ2) is 10.8. The fourth-order valence-corrected chi connectivity index (χ4v) is 3.94. The molecular weight excluding hydrogens is 426 g/mol. The molecule has 1 amide bonds. The molecule has 3 rings (SSSR count). The first kappa shape index (κ1) is 23.3. The minimum absolute atomic E-state index is 0.143. The molecule has 0 spiro atoms. The first-order chi connectivity index (χ1) is 15.5. The van der Waals surface area contributed by atoms with Crippen molar-refractivity contribution in [2.24, 2.45) is 5.92 Å². The van der Waals surface area contributed by atoms with Gasteiger partial charge >= 0.3 is 0 Å². The third-order valence-electron chi connectivity index (χ3n) is 4.59. The molecule has 7 nitrogen and oxygen atoms in total. The topological polar surface area (TPSA) is 73.8 Å². The van der Waals surface area contributed by atoms with Gasteiger partial charge in [0, 0.05) is 18.2 Å². The number of rotatable bonds is 9. The Morgan fingerprint density at radius 3 is 2.25 bits per heavy atom. The van der Waals surface area contributed by atoms with Crippen LogP contribution in [-0.4, -0.2) is 44.0 Å². The lowest BCUT2D eigenvalue weighted by molar-refractivity contribution is -0.114. The van der Waals surface area contributed by atoms with Crippen LogP contribution < -0.4 is 19.1 Å². The summed E-state index contributed by atoms with van der Waals surface area (Å²) in [6.07, 6.45) is 3.37. The van der Waals surface area contributed by atoms with Crippen LogP contribution in [0.15, 0.2) is 48.5 Å². The van der Waals surface area contributed by atoms with Crippen LogP contribution in [0.25, 0.3) is 16.6 Å². The molecule has 0 fully saturated rings. The minimum atomic E-state index is -0.143. The van der Waals surface area contributed by atoms with Crippen molar-refractivity contribution in [1.82, 2.24) is 10.2 Å². The van der Waals surface area contributed by atoms with Crippen LogP contribution in [0.4, 0.5) is 5.13 Å². The van der Waals surface area contributed by atoms with Gasteiger partial charge in [0.2, 0.25) is 10.9 Å². The molecule has 8 heteroatoms. The average molecular weight is 454 g/mol. The number of hydrogen-bond donors (Lipinski definition) is 0. The Balaban J connectivity index is 1.92. The van der Waals surface area contributed by atoms with Crippen LogP contribution in [0.3, 0.4) is 0 Å². The molecule has 0 bridgehead atoms. The Kier molecular flexibility index (Phi) is 7.83. The highest BCUT2D eigenvalue weighted by atomic mass is 32.1. The molecule has 0 N–H and O–H groups in total. The predicted molar refractivity (Wildman–Crippen MR) is 128 cm³/mol. The molecule has 2 aromatic carbocycles. The summed E-state index contributed by atoms with van der Waals surface area (Å²) < 4.78 is 16.3. The molecule has 0 saturated carbocycles. The van der Waals surface area contributed by atoms with E-state index in [1.807, 2.05) is 42.5 Å². The number of nitrogens with zero attached hydrogens (tertiary/aromatic N) is 3. The maximum Gasteiger partial charge on any atom is 0.252 e. The van der Waals surface area contributed by atoms with Crippen molar-refractivity contribution in [2.45, 2.75) is 13.8 Å². The first-order valence-corrected chi connectivity index (χ1v) is 11.0. The standard InChI is InChI=1S/C24H27N3O4S/c1-16(2)15-27(21(28)12-11-17-9-7-6-8-10-17)24-26-25-23(32-24)18-13-19(29-3)22(31-5)20(14-18)30-4/h6-14,16H,15H2,1-5H3/b12-11+. The summed E-state index contributed by atoms with van der Waals surface area (Å²) in [5.74, 6) is 1.68. The number of ether oxygens (including phenoxy) is 3. The van der Waals surface area contributed by atoms with Gasteiger partial charge in [0.05, 0.1) is 21.3 Å². The second-order valence-corrected chi connectivity index (χ2v) is 8.35. The Hall–Kier alpha value is -3.39. The maximum absolute atomic E-state index is 13.0. The van der Waals surface area contributed by atoms with Crippen molar-refractivity contribution in [3.63, 3.8) is 0 Å². The molecular formula is C24H27N3O4S. The lowest BCUT2D eigenvalue weighted by Gasteiger charge is -2.19. The van der Waals surface area contributed by atoms with E-state index in [4.69, 9.17) is 14.2 Å². The third-order valence-corrected chi connectivity index (χ3v) is 5.58. The predicted octanol–water partition coefficient (Wildman–Crippen LogP) is 4.93. The number of benzene rings is 2. The molecule has 0 aliphatic heterocycles. The molecule has 32 heavy (non-hydrogen) atoms. The summed E-state index contributed by atoms with van der Waals surface area (Å²) in [7, 11) is 4.69. The van der Waals surface area contributed by atoms with Crippen LogP contribution in [0.1, 0.15) is 19.4 Å². The Labute approximate surface area is 192 Å². The molecule has 0 aliphatic carbocycles. The quantitative estimate of drug-likeness (QED) is 0.428. The van der Waals surface area contributed by atoms with E-state index in [-0.39, 0.29) is 11.8 Å². The number of carbonyl (C=O) groups excluding carboxylic acids is 1. The van der Waals surface area contributed by atoms with E-state index in [9.17, 15) is 4.79 Å². The largest absolute Gasteiger partial charge is 0.493 e. The Morgan fingerprint density at radius 2 is 1.69 bits per heavy atom. The van der Waals surface area contributed by atoms with Gasteiger partial charge < -0.3 is 14.2 Å². The third kappa shape index (κ3) is 5.45. The Morgan fingerprint density at radius 1 is 1.03 bits per heavy atom. The zero-order chi connectivity index (χ0) is 23.1. The summed E-state index contributed by atoms with van der Waals surface area (Å²) in [5, 5.41) is 9.80. The summed E-state index contributed by atoms with van der Waals surface area (Å²) >= 11 is 1.33. The molecule has 0 atom stereocenters. The smallest absolute Gasteiger partial charge is 0.252 e. The van der Waals surface area contributed by atoms with E-state index in [2.05, 4.69) is 24.0 Å². The van der Waals surface area contributed by atoms with Gasteiger partial charge in [0.25, 0.3) is 5.91 Å². The Bertz CT molecular complexity index is 1050. The van der Waals surface area contributed by atoms with E-state index in [0.29, 0.717) is 33.9 Å².